The van der Waals surface area contributed by atoms with Crippen LogP contribution in [0.5, 0.6) is 0 Å². The maximum absolute atomic E-state index is 10.5. The molecule has 1 fully saturated rings. The molecule has 4 heteroatoms. The van der Waals surface area contributed by atoms with Gasteiger partial charge in [-0.05, 0) is 55.4 Å². The molecular formula is C15H21BrClNO. The van der Waals surface area contributed by atoms with E-state index in [2.05, 4.69) is 28.2 Å². The van der Waals surface area contributed by atoms with E-state index in [1.54, 1.807) is 0 Å². The summed E-state index contributed by atoms with van der Waals surface area (Å²) in [6.07, 6.45) is 4.03. The Balaban J connectivity index is 1.84. The van der Waals surface area contributed by atoms with Crippen LogP contribution in [0.4, 0.5) is 0 Å². The minimum absolute atomic E-state index is 0.537. The van der Waals surface area contributed by atoms with Gasteiger partial charge in [0.05, 0.1) is 5.60 Å². The van der Waals surface area contributed by atoms with E-state index < -0.39 is 5.60 Å². The van der Waals surface area contributed by atoms with E-state index in [1.807, 2.05) is 18.2 Å². The molecule has 0 bridgehead atoms. The highest BCUT2D eigenvalue weighted by atomic mass is 79.9. The Morgan fingerprint density at radius 2 is 2.11 bits per heavy atom. The lowest BCUT2D eigenvalue weighted by molar-refractivity contribution is -0.00630. The van der Waals surface area contributed by atoms with E-state index in [4.69, 9.17) is 11.6 Å². The molecule has 2 N–H and O–H groups in total. The van der Waals surface area contributed by atoms with Crippen molar-refractivity contribution in [2.75, 3.05) is 6.54 Å². The van der Waals surface area contributed by atoms with Crippen LogP contribution in [0.1, 0.15) is 38.2 Å². The first-order chi connectivity index (χ1) is 8.98. The van der Waals surface area contributed by atoms with Crippen molar-refractivity contribution in [1.29, 1.82) is 0 Å². The molecule has 0 heterocycles. The van der Waals surface area contributed by atoms with Crippen LogP contribution in [0.25, 0.3) is 0 Å². The second-order valence-corrected chi connectivity index (χ2v) is 7.07. The third kappa shape index (κ3) is 4.45. The van der Waals surface area contributed by atoms with Crippen molar-refractivity contribution in [2.24, 2.45) is 5.92 Å². The Bertz CT molecular complexity index is 430. The average Bonchev–Trinajstić information content (AvgIpc) is 2.38. The number of rotatable bonds is 4. The molecule has 1 aliphatic rings. The van der Waals surface area contributed by atoms with E-state index in [-0.39, 0.29) is 0 Å². The summed E-state index contributed by atoms with van der Waals surface area (Å²) in [4.78, 5) is 0. The maximum atomic E-state index is 10.5. The molecular weight excluding hydrogens is 326 g/mol. The van der Waals surface area contributed by atoms with Crippen molar-refractivity contribution in [3.8, 4) is 0 Å². The Hall–Kier alpha value is -0.0900. The lowest BCUT2D eigenvalue weighted by atomic mass is 9.79. The fourth-order valence-electron chi connectivity index (χ4n) is 2.58. The maximum Gasteiger partial charge on any atom is 0.0771 e. The minimum Gasteiger partial charge on any atom is -0.389 e. The van der Waals surface area contributed by atoms with Crippen molar-refractivity contribution in [3.63, 3.8) is 0 Å². The summed E-state index contributed by atoms with van der Waals surface area (Å²) in [5, 5.41) is 14.6. The van der Waals surface area contributed by atoms with Crippen molar-refractivity contribution in [3.05, 3.63) is 33.3 Å². The lowest BCUT2D eigenvalue weighted by Gasteiger charge is -2.35. The van der Waals surface area contributed by atoms with Crippen LogP contribution in [-0.2, 0) is 6.54 Å². The van der Waals surface area contributed by atoms with E-state index >= 15 is 0 Å². The third-order valence-corrected chi connectivity index (χ3v) is 4.84. The van der Waals surface area contributed by atoms with Gasteiger partial charge in [-0.15, -0.1) is 0 Å². The highest BCUT2D eigenvalue weighted by Crippen LogP contribution is 2.31. The Kier molecular flexibility index (Phi) is 5.29. The van der Waals surface area contributed by atoms with Gasteiger partial charge in [-0.1, -0.05) is 34.5 Å². The summed E-state index contributed by atoms with van der Waals surface area (Å²) in [5.74, 6) is 0.750. The standard InChI is InChI=1S/C15H21BrClNO/c1-11-4-6-15(19,7-5-11)10-18-9-12-8-13(16)2-3-14(12)17/h2-3,8,11,18-19H,4-7,9-10H2,1H3. The van der Waals surface area contributed by atoms with E-state index in [0.717, 1.165) is 46.7 Å². The molecule has 1 aliphatic carbocycles. The van der Waals surface area contributed by atoms with E-state index in [1.165, 1.54) is 0 Å². The molecule has 0 amide bonds. The highest BCUT2D eigenvalue weighted by Gasteiger charge is 2.31. The SMILES string of the molecule is CC1CCC(O)(CNCc2cc(Br)ccc2Cl)CC1. The molecule has 1 aromatic carbocycles. The van der Waals surface area contributed by atoms with Crippen LogP contribution < -0.4 is 5.32 Å². The van der Waals surface area contributed by atoms with Crippen LogP contribution in [0.3, 0.4) is 0 Å². The van der Waals surface area contributed by atoms with E-state index in [9.17, 15) is 5.11 Å². The predicted molar refractivity (Wildman–Crippen MR) is 83.4 cm³/mol. The van der Waals surface area contributed by atoms with Crippen LogP contribution in [-0.4, -0.2) is 17.3 Å². The Morgan fingerprint density at radius 1 is 1.42 bits per heavy atom. The van der Waals surface area contributed by atoms with Gasteiger partial charge in [-0.3, -0.25) is 0 Å². The largest absolute Gasteiger partial charge is 0.389 e. The van der Waals surface area contributed by atoms with Gasteiger partial charge < -0.3 is 10.4 Å². The zero-order chi connectivity index (χ0) is 13.9. The van der Waals surface area contributed by atoms with Gasteiger partial charge in [-0.25, -0.2) is 0 Å². The zero-order valence-corrected chi connectivity index (χ0v) is 13.6. The normalized spacial score (nSPS) is 27.5. The van der Waals surface area contributed by atoms with E-state index in [0.29, 0.717) is 13.1 Å². The monoisotopic (exact) mass is 345 g/mol. The van der Waals surface area contributed by atoms with Gasteiger partial charge in [0.15, 0.2) is 0 Å². The molecule has 2 rings (SSSR count). The van der Waals surface area contributed by atoms with Gasteiger partial charge in [0.1, 0.15) is 0 Å². The molecule has 0 spiro atoms. The summed E-state index contributed by atoms with van der Waals surface area (Å²) in [6.45, 7) is 3.59. The summed E-state index contributed by atoms with van der Waals surface area (Å²) in [7, 11) is 0. The molecule has 0 radical (unpaired) electrons. The molecule has 0 unspecified atom stereocenters. The summed E-state index contributed by atoms with van der Waals surface area (Å²) in [6, 6.07) is 5.84. The molecule has 0 atom stereocenters. The number of hydrogen-bond donors (Lipinski definition) is 2. The summed E-state index contributed by atoms with van der Waals surface area (Å²) < 4.78 is 1.03. The molecule has 0 saturated heterocycles. The fraction of sp³-hybridized carbons (Fsp3) is 0.600. The van der Waals surface area contributed by atoms with Crippen molar-refractivity contribution in [1.82, 2.24) is 5.32 Å². The molecule has 106 valence electrons. The van der Waals surface area contributed by atoms with Gasteiger partial charge in [0, 0.05) is 22.6 Å². The predicted octanol–water partition coefficient (Wildman–Crippen LogP) is 4.13. The topological polar surface area (TPSA) is 32.3 Å². The van der Waals surface area contributed by atoms with Gasteiger partial charge in [-0.2, -0.15) is 0 Å². The van der Waals surface area contributed by atoms with Crippen molar-refractivity contribution < 1.29 is 5.11 Å². The molecule has 2 nitrogen and oxygen atoms in total. The summed E-state index contributed by atoms with van der Waals surface area (Å²) >= 11 is 9.59. The third-order valence-electron chi connectivity index (χ3n) is 3.98. The average molecular weight is 347 g/mol. The first-order valence-electron chi connectivity index (χ1n) is 6.85. The number of hydrogen-bond acceptors (Lipinski definition) is 2. The lowest BCUT2D eigenvalue weighted by Crippen LogP contribution is -2.43. The number of aliphatic hydroxyl groups is 1. The van der Waals surface area contributed by atoms with Gasteiger partial charge in [0.25, 0.3) is 0 Å². The zero-order valence-electron chi connectivity index (χ0n) is 11.3. The Morgan fingerprint density at radius 3 is 2.79 bits per heavy atom. The smallest absolute Gasteiger partial charge is 0.0771 e. The van der Waals surface area contributed by atoms with Gasteiger partial charge in [0.2, 0.25) is 0 Å². The van der Waals surface area contributed by atoms with Crippen LogP contribution >= 0.6 is 27.5 Å². The quantitative estimate of drug-likeness (QED) is 0.859. The minimum atomic E-state index is -0.537. The number of nitrogens with one attached hydrogen (secondary N) is 1. The molecule has 1 saturated carbocycles. The number of benzene rings is 1. The highest BCUT2D eigenvalue weighted by molar-refractivity contribution is 9.10. The molecule has 0 aliphatic heterocycles. The van der Waals surface area contributed by atoms with Crippen molar-refractivity contribution in [2.45, 2.75) is 44.8 Å². The summed E-state index contributed by atoms with van der Waals surface area (Å²) in [5.41, 5.74) is 0.522. The first-order valence-corrected chi connectivity index (χ1v) is 8.03. The second-order valence-electron chi connectivity index (χ2n) is 5.75. The molecule has 1 aromatic rings. The van der Waals surface area contributed by atoms with Crippen molar-refractivity contribution >= 4 is 27.5 Å². The van der Waals surface area contributed by atoms with Gasteiger partial charge >= 0.3 is 0 Å². The first kappa shape index (κ1) is 15.3. The second kappa shape index (κ2) is 6.57. The fourth-order valence-corrected chi connectivity index (χ4v) is 3.18. The molecule has 19 heavy (non-hydrogen) atoms. The molecule has 0 aromatic heterocycles. The Labute approximate surface area is 128 Å². The number of halogens is 2. The van der Waals surface area contributed by atoms with Crippen LogP contribution in [0.2, 0.25) is 5.02 Å². The van der Waals surface area contributed by atoms with Crippen LogP contribution in [0, 0.1) is 5.92 Å². The van der Waals surface area contributed by atoms with Crippen LogP contribution in [0.15, 0.2) is 22.7 Å².